The van der Waals surface area contributed by atoms with E-state index in [9.17, 15) is 13.2 Å². The zero-order valence-electron chi connectivity index (χ0n) is 13.1. The summed E-state index contributed by atoms with van der Waals surface area (Å²) in [6, 6.07) is 0. The molecule has 0 fully saturated rings. The third-order valence-electron chi connectivity index (χ3n) is 3.02. The fraction of sp³-hybridized carbons (Fsp3) is 0.615. The van der Waals surface area contributed by atoms with Crippen molar-refractivity contribution in [3.05, 3.63) is 4.88 Å². The van der Waals surface area contributed by atoms with Crippen LogP contribution in [0.15, 0.2) is 4.90 Å². The van der Waals surface area contributed by atoms with Gasteiger partial charge in [0.2, 0.25) is 0 Å². The van der Waals surface area contributed by atoms with E-state index in [1.807, 2.05) is 18.7 Å². The van der Waals surface area contributed by atoms with Crippen molar-refractivity contribution >= 4 is 37.8 Å². The molecule has 1 rings (SSSR count). The maximum Gasteiger partial charge on any atom is 0.265 e. The number of nitrogens with two attached hydrogens (primary N) is 1. The summed E-state index contributed by atoms with van der Waals surface area (Å²) in [5, 5.41) is 0.560. The first kappa shape index (κ1) is 17.8. The molecule has 1 aromatic heterocycles. The van der Waals surface area contributed by atoms with E-state index in [2.05, 4.69) is 0 Å². The number of carbonyl (C=O) groups excluding carboxylic acids is 1. The molecule has 0 atom stereocenters. The van der Waals surface area contributed by atoms with Gasteiger partial charge in [-0.3, -0.25) is 4.79 Å². The highest BCUT2D eigenvalue weighted by atomic mass is 32.2. The van der Waals surface area contributed by atoms with Gasteiger partial charge in [0.1, 0.15) is 14.8 Å². The van der Waals surface area contributed by atoms with Crippen LogP contribution in [0.4, 0.5) is 10.7 Å². The average Bonchev–Trinajstić information content (AvgIpc) is 2.72. The van der Waals surface area contributed by atoms with Gasteiger partial charge < -0.3 is 15.5 Å². The fourth-order valence-electron chi connectivity index (χ4n) is 2.02. The first-order valence-corrected chi connectivity index (χ1v) is 9.44. The van der Waals surface area contributed by atoms with Crippen molar-refractivity contribution < 1.29 is 13.2 Å². The van der Waals surface area contributed by atoms with Gasteiger partial charge in [-0.05, 0) is 13.3 Å². The second kappa shape index (κ2) is 6.65. The zero-order valence-corrected chi connectivity index (χ0v) is 14.8. The molecular formula is C13H23N3O3S2. The minimum absolute atomic E-state index is 0.0609. The third kappa shape index (κ3) is 3.68. The normalized spacial score (nSPS) is 11.5. The van der Waals surface area contributed by atoms with Crippen molar-refractivity contribution in [3.63, 3.8) is 0 Å². The van der Waals surface area contributed by atoms with Crippen LogP contribution in [0.3, 0.4) is 0 Å². The molecule has 120 valence electrons. The average molecular weight is 333 g/mol. The summed E-state index contributed by atoms with van der Waals surface area (Å²) in [7, 11) is -0.271. The van der Waals surface area contributed by atoms with E-state index in [-0.39, 0.29) is 21.4 Å². The summed E-state index contributed by atoms with van der Waals surface area (Å²) < 4.78 is 24.2. The molecule has 6 nitrogen and oxygen atoms in total. The van der Waals surface area contributed by atoms with E-state index in [0.29, 0.717) is 18.1 Å². The van der Waals surface area contributed by atoms with E-state index in [0.717, 1.165) is 24.0 Å². The molecule has 1 amide bonds. The molecule has 0 aliphatic heterocycles. The number of anilines is 2. The van der Waals surface area contributed by atoms with Crippen molar-refractivity contribution in [2.45, 2.75) is 25.2 Å². The van der Waals surface area contributed by atoms with Crippen LogP contribution in [0.1, 0.15) is 29.9 Å². The van der Waals surface area contributed by atoms with Crippen LogP contribution < -0.4 is 10.6 Å². The highest BCUT2D eigenvalue weighted by molar-refractivity contribution is 7.91. The molecule has 8 heteroatoms. The lowest BCUT2D eigenvalue weighted by molar-refractivity contribution is 0.0833. The Kier molecular flexibility index (Phi) is 5.63. The Labute approximate surface area is 130 Å². The Morgan fingerprint density at radius 2 is 1.86 bits per heavy atom. The van der Waals surface area contributed by atoms with Crippen LogP contribution >= 0.6 is 11.3 Å². The van der Waals surface area contributed by atoms with E-state index < -0.39 is 9.84 Å². The van der Waals surface area contributed by atoms with E-state index >= 15 is 0 Å². The van der Waals surface area contributed by atoms with E-state index in [1.165, 1.54) is 4.90 Å². The van der Waals surface area contributed by atoms with Crippen LogP contribution in [0.5, 0.6) is 0 Å². The highest BCUT2D eigenvalue weighted by Crippen LogP contribution is 2.41. The molecule has 0 saturated heterocycles. The van der Waals surface area contributed by atoms with Crippen LogP contribution in [0.25, 0.3) is 0 Å². The molecule has 0 aromatic carbocycles. The van der Waals surface area contributed by atoms with Crippen LogP contribution in [0.2, 0.25) is 0 Å². The molecule has 1 aromatic rings. The predicted molar refractivity (Wildman–Crippen MR) is 88.0 cm³/mol. The van der Waals surface area contributed by atoms with Gasteiger partial charge in [0.05, 0.1) is 5.69 Å². The van der Waals surface area contributed by atoms with Gasteiger partial charge in [0.15, 0.2) is 9.84 Å². The molecule has 0 unspecified atom stereocenters. The van der Waals surface area contributed by atoms with Gasteiger partial charge in [0, 0.05) is 33.4 Å². The zero-order chi connectivity index (χ0) is 16.4. The SMILES string of the molecule is CCCN(CC)c1sc(C(=O)N(C)C)c(N)c1S(C)(=O)=O. The molecule has 1 heterocycles. The Morgan fingerprint density at radius 3 is 2.24 bits per heavy atom. The largest absolute Gasteiger partial charge is 0.396 e. The van der Waals surface area contributed by atoms with Crippen molar-refractivity contribution in [3.8, 4) is 0 Å². The second-order valence-corrected chi connectivity index (χ2v) is 7.98. The maximum absolute atomic E-state index is 12.2. The summed E-state index contributed by atoms with van der Waals surface area (Å²) in [6.07, 6.45) is 2.00. The number of hydrogen-bond acceptors (Lipinski definition) is 6. The van der Waals surface area contributed by atoms with Crippen molar-refractivity contribution in [1.82, 2.24) is 4.90 Å². The number of nitrogens with zero attached hydrogens (tertiary/aromatic N) is 2. The molecule has 0 spiro atoms. The topological polar surface area (TPSA) is 83.7 Å². The molecule has 0 radical (unpaired) electrons. The predicted octanol–water partition coefficient (Wildman–Crippen LogP) is 1.67. The molecule has 0 bridgehead atoms. The molecule has 21 heavy (non-hydrogen) atoms. The molecule has 0 saturated carbocycles. The molecule has 2 N–H and O–H groups in total. The standard InChI is InChI=1S/C13H23N3O3S2/c1-6-8-16(7-2)13-11(21(5,18)19)9(14)10(20-13)12(17)15(3)4/h6-8,14H2,1-5H3. The van der Waals surface area contributed by atoms with Crippen LogP contribution in [-0.2, 0) is 9.84 Å². The number of thiophene rings is 1. The first-order chi connectivity index (χ1) is 9.65. The van der Waals surface area contributed by atoms with Gasteiger partial charge in [-0.15, -0.1) is 11.3 Å². The Balaban J connectivity index is 3.56. The number of nitrogen functional groups attached to an aromatic ring is 1. The van der Waals surface area contributed by atoms with Gasteiger partial charge in [0.25, 0.3) is 5.91 Å². The fourth-order valence-corrected chi connectivity index (χ4v) is 4.84. The quantitative estimate of drug-likeness (QED) is 0.856. The highest BCUT2D eigenvalue weighted by Gasteiger charge is 2.29. The van der Waals surface area contributed by atoms with Crippen LogP contribution in [-0.4, -0.2) is 52.7 Å². The lowest BCUT2D eigenvalue weighted by atomic mass is 10.3. The first-order valence-electron chi connectivity index (χ1n) is 6.74. The minimum atomic E-state index is -3.50. The smallest absolute Gasteiger partial charge is 0.265 e. The number of amides is 1. The van der Waals surface area contributed by atoms with Gasteiger partial charge >= 0.3 is 0 Å². The minimum Gasteiger partial charge on any atom is -0.396 e. The Morgan fingerprint density at radius 1 is 1.29 bits per heavy atom. The number of sulfone groups is 1. The summed E-state index contributed by atoms with van der Waals surface area (Å²) in [6.45, 7) is 5.34. The maximum atomic E-state index is 12.2. The van der Waals surface area contributed by atoms with Gasteiger partial charge in [-0.1, -0.05) is 6.92 Å². The van der Waals surface area contributed by atoms with E-state index in [1.54, 1.807) is 14.1 Å². The van der Waals surface area contributed by atoms with Crippen molar-refractivity contribution in [2.75, 3.05) is 44.1 Å². The lowest BCUT2D eigenvalue weighted by Gasteiger charge is -2.21. The van der Waals surface area contributed by atoms with Crippen LogP contribution in [0, 0.1) is 0 Å². The Hall–Kier alpha value is -1.28. The van der Waals surface area contributed by atoms with Crippen molar-refractivity contribution in [2.24, 2.45) is 0 Å². The molecular weight excluding hydrogens is 310 g/mol. The summed E-state index contributed by atoms with van der Waals surface area (Å²) >= 11 is 1.15. The second-order valence-electron chi connectivity index (χ2n) is 5.03. The number of rotatable bonds is 6. The Bertz CT molecular complexity index is 621. The van der Waals surface area contributed by atoms with Gasteiger partial charge in [-0.2, -0.15) is 0 Å². The van der Waals surface area contributed by atoms with E-state index in [4.69, 9.17) is 5.73 Å². The summed E-state index contributed by atoms with van der Waals surface area (Å²) in [5.74, 6) is -0.277. The number of hydrogen-bond donors (Lipinski definition) is 1. The summed E-state index contributed by atoms with van der Waals surface area (Å²) in [5.41, 5.74) is 6.04. The molecule has 0 aliphatic carbocycles. The summed E-state index contributed by atoms with van der Waals surface area (Å²) in [4.78, 5) is 15.9. The molecule has 0 aliphatic rings. The van der Waals surface area contributed by atoms with Gasteiger partial charge in [-0.25, -0.2) is 8.42 Å². The third-order valence-corrected chi connectivity index (χ3v) is 5.55. The number of carbonyl (C=O) groups is 1. The monoisotopic (exact) mass is 333 g/mol. The lowest BCUT2D eigenvalue weighted by Crippen LogP contribution is -2.24. The van der Waals surface area contributed by atoms with Crippen molar-refractivity contribution in [1.29, 1.82) is 0 Å².